The van der Waals surface area contributed by atoms with Gasteiger partial charge in [-0.25, -0.2) is 0 Å². The van der Waals surface area contributed by atoms with E-state index in [1.165, 1.54) is 0 Å². The van der Waals surface area contributed by atoms with E-state index in [1.54, 1.807) is 12.1 Å². The molecule has 1 N–H and O–H groups in total. The first-order valence-corrected chi connectivity index (χ1v) is 5.95. The maximum Gasteiger partial charge on any atom is 0.182 e. The average molecular weight is 264 g/mol. The fraction of sp³-hybridized carbons (Fsp3) is 0.167. The van der Waals surface area contributed by atoms with Crippen LogP contribution < -0.4 is 0 Å². The van der Waals surface area contributed by atoms with E-state index in [9.17, 15) is 0 Å². The number of aryl methyl sites for hydroxylation is 1. The summed E-state index contributed by atoms with van der Waals surface area (Å²) in [5.74, 6) is 0. The molecule has 0 bridgehead atoms. The third kappa shape index (κ3) is 2.12. The highest BCUT2D eigenvalue weighted by Gasteiger charge is 2.09. The molecule has 5 heteroatoms. The summed E-state index contributed by atoms with van der Waals surface area (Å²) < 4.78 is 2.49. The van der Waals surface area contributed by atoms with E-state index in [0.717, 1.165) is 17.8 Å². The van der Waals surface area contributed by atoms with Gasteiger partial charge in [0.05, 0.1) is 22.3 Å². The third-order valence-corrected chi connectivity index (χ3v) is 3.14. The van der Waals surface area contributed by atoms with E-state index < -0.39 is 0 Å². The lowest BCUT2D eigenvalue weighted by molar-refractivity contribution is 0.922. The Hall–Kier alpha value is -1.57. The lowest BCUT2D eigenvalue weighted by Crippen LogP contribution is -2.00. The average Bonchev–Trinajstić information content (AvgIpc) is 2.70. The van der Waals surface area contributed by atoms with Gasteiger partial charge in [0, 0.05) is 11.9 Å². The highest BCUT2D eigenvalue weighted by atomic mass is 35.5. The molecule has 17 heavy (non-hydrogen) atoms. The van der Waals surface area contributed by atoms with Crippen molar-refractivity contribution in [2.75, 3.05) is 0 Å². The van der Waals surface area contributed by atoms with Gasteiger partial charge in [-0.05, 0) is 36.8 Å². The number of nitrogens with one attached hydrogen (secondary N) is 1. The van der Waals surface area contributed by atoms with Crippen LogP contribution in [0.3, 0.4) is 0 Å². The van der Waals surface area contributed by atoms with Crippen LogP contribution in [0.1, 0.15) is 18.2 Å². The van der Waals surface area contributed by atoms with Gasteiger partial charge in [-0.15, -0.1) is 0 Å². The Labute approximate surface area is 109 Å². The molecule has 0 aliphatic rings. The van der Waals surface area contributed by atoms with E-state index in [2.05, 4.69) is 11.1 Å². The van der Waals surface area contributed by atoms with E-state index in [0.29, 0.717) is 15.4 Å². The van der Waals surface area contributed by atoms with Crippen LogP contribution in [0, 0.1) is 16.1 Å². The Morgan fingerprint density at radius 3 is 2.88 bits per heavy atom. The van der Waals surface area contributed by atoms with E-state index in [4.69, 9.17) is 29.1 Å². The molecule has 0 aliphatic heterocycles. The Morgan fingerprint density at radius 2 is 2.29 bits per heavy atom. The second-order valence-corrected chi connectivity index (χ2v) is 4.35. The molecule has 0 amide bonds. The number of hydrogen-bond acceptors (Lipinski definition) is 2. The van der Waals surface area contributed by atoms with Crippen LogP contribution in [0.25, 0.3) is 5.69 Å². The lowest BCUT2D eigenvalue weighted by Gasteiger charge is -2.09. The van der Waals surface area contributed by atoms with Crippen molar-refractivity contribution >= 4 is 23.8 Å². The van der Waals surface area contributed by atoms with Crippen molar-refractivity contribution in [2.45, 2.75) is 13.3 Å². The molecule has 0 atom stereocenters. The Balaban J connectivity index is 2.65. The maximum absolute atomic E-state index is 8.80. The number of nitrogens with zero attached hydrogens (tertiary/aromatic N) is 2. The molecule has 1 aromatic heterocycles. The molecule has 2 rings (SSSR count). The smallest absolute Gasteiger partial charge is 0.182 e. The molecule has 0 spiro atoms. The summed E-state index contributed by atoms with van der Waals surface area (Å²) in [6, 6.07) is 7.24. The highest BCUT2D eigenvalue weighted by molar-refractivity contribution is 7.71. The highest BCUT2D eigenvalue weighted by Crippen LogP contribution is 2.23. The predicted molar refractivity (Wildman–Crippen MR) is 70.1 cm³/mol. The van der Waals surface area contributed by atoms with Crippen LogP contribution in [0.4, 0.5) is 0 Å². The number of halogens is 1. The molecule has 1 heterocycles. The molecule has 0 radical (unpaired) electrons. The number of aromatic amines is 1. The van der Waals surface area contributed by atoms with Crippen LogP contribution in [0.2, 0.25) is 5.02 Å². The fourth-order valence-electron chi connectivity index (χ4n) is 1.69. The number of aromatic nitrogens is 2. The van der Waals surface area contributed by atoms with Crippen LogP contribution in [0.5, 0.6) is 0 Å². The summed E-state index contributed by atoms with van der Waals surface area (Å²) >= 11 is 11.4. The minimum atomic E-state index is 0.523. The fourth-order valence-corrected chi connectivity index (χ4v) is 2.23. The molecule has 1 aromatic carbocycles. The van der Waals surface area contributed by atoms with Crippen molar-refractivity contribution in [3.8, 4) is 11.8 Å². The number of imidazole rings is 1. The van der Waals surface area contributed by atoms with Crippen molar-refractivity contribution in [1.82, 2.24) is 9.55 Å². The Kier molecular flexibility index (Phi) is 3.32. The first-order chi connectivity index (χ1) is 8.17. The van der Waals surface area contributed by atoms with Crippen LogP contribution in [0.15, 0.2) is 24.4 Å². The van der Waals surface area contributed by atoms with Crippen LogP contribution >= 0.6 is 23.8 Å². The van der Waals surface area contributed by atoms with Gasteiger partial charge in [0.1, 0.15) is 0 Å². The minimum Gasteiger partial charge on any atom is -0.337 e. The predicted octanol–water partition coefficient (Wildman–Crippen LogP) is 3.62. The first-order valence-electron chi connectivity index (χ1n) is 5.16. The largest absolute Gasteiger partial charge is 0.337 e. The molecule has 2 aromatic rings. The molecule has 0 saturated carbocycles. The molecule has 0 saturated heterocycles. The second kappa shape index (κ2) is 4.74. The normalized spacial score (nSPS) is 10.2. The zero-order valence-corrected chi connectivity index (χ0v) is 10.8. The zero-order chi connectivity index (χ0) is 12.4. The third-order valence-electron chi connectivity index (χ3n) is 2.53. The summed E-state index contributed by atoms with van der Waals surface area (Å²) in [7, 11) is 0. The first kappa shape index (κ1) is 11.9. The van der Waals surface area contributed by atoms with E-state index in [-0.39, 0.29) is 0 Å². The zero-order valence-electron chi connectivity index (χ0n) is 9.20. The summed E-state index contributed by atoms with van der Waals surface area (Å²) in [6.45, 7) is 2.05. The van der Waals surface area contributed by atoms with Crippen molar-refractivity contribution < 1.29 is 0 Å². The van der Waals surface area contributed by atoms with Gasteiger partial charge < -0.3 is 4.98 Å². The summed E-state index contributed by atoms with van der Waals surface area (Å²) in [5, 5.41) is 9.32. The Bertz CT molecular complexity index is 649. The van der Waals surface area contributed by atoms with Gasteiger partial charge in [-0.2, -0.15) is 5.26 Å². The van der Waals surface area contributed by atoms with Crippen LogP contribution in [-0.2, 0) is 6.42 Å². The molecule has 3 nitrogen and oxygen atoms in total. The van der Waals surface area contributed by atoms with Crippen molar-refractivity contribution in [3.63, 3.8) is 0 Å². The van der Waals surface area contributed by atoms with Crippen molar-refractivity contribution in [1.29, 1.82) is 5.26 Å². The SMILES string of the molecule is CCc1c[nH]c(=S)n1-c1ccc(C#N)cc1Cl. The quantitative estimate of drug-likeness (QED) is 0.841. The van der Waals surface area contributed by atoms with E-state index in [1.807, 2.05) is 23.8 Å². The molecular weight excluding hydrogens is 254 g/mol. The van der Waals surface area contributed by atoms with Gasteiger partial charge in [-0.1, -0.05) is 18.5 Å². The molecule has 0 fully saturated rings. The molecule has 86 valence electrons. The topological polar surface area (TPSA) is 44.5 Å². The monoisotopic (exact) mass is 263 g/mol. The number of H-pyrrole nitrogens is 1. The summed E-state index contributed by atoms with van der Waals surface area (Å²) in [5.41, 5.74) is 2.40. The van der Waals surface area contributed by atoms with Gasteiger partial charge in [-0.3, -0.25) is 4.57 Å². The van der Waals surface area contributed by atoms with Gasteiger partial charge in [0.15, 0.2) is 4.77 Å². The van der Waals surface area contributed by atoms with Gasteiger partial charge in [0.25, 0.3) is 0 Å². The number of rotatable bonds is 2. The second-order valence-electron chi connectivity index (χ2n) is 3.55. The summed E-state index contributed by atoms with van der Waals surface area (Å²) in [6.07, 6.45) is 2.72. The van der Waals surface area contributed by atoms with E-state index >= 15 is 0 Å². The molecule has 0 unspecified atom stereocenters. The number of benzene rings is 1. The lowest BCUT2D eigenvalue weighted by atomic mass is 10.2. The standard InChI is InChI=1S/C12H10ClN3S/c1-2-9-7-15-12(17)16(9)11-4-3-8(6-14)5-10(11)13/h3-5,7H,2H2,1H3,(H,15,17). The Morgan fingerprint density at radius 1 is 1.53 bits per heavy atom. The van der Waals surface area contributed by atoms with Gasteiger partial charge >= 0.3 is 0 Å². The van der Waals surface area contributed by atoms with Crippen LogP contribution in [-0.4, -0.2) is 9.55 Å². The number of hydrogen-bond donors (Lipinski definition) is 1. The minimum absolute atomic E-state index is 0.523. The van der Waals surface area contributed by atoms with Gasteiger partial charge in [0.2, 0.25) is 0 Å². The molecular formula is C12H10ClN3S. The number of nitriles is 1. The molecule has 0 aliphatic carbocycles. The van der Waals surface area contributed by atoms with Crippen molar-refractivity contribution in [2.24, 2.45) is 0 Å². The maximum atomic E-state index is 8.80. The summed E-state index contributed by atoms with van der Waals surface area (Å²) in [4.78, 5) is 3.00. The van der Waals surface area contributed by atoms with Crippen molar-refractivity contribution in [3.05, 3.63) is 45.4 Å².